The first-order valence-electron chi connectivity index (χ1n) is 16.3. The van der Waals surface area contributed by atoms with E-state index in [2.05, 4.69) is 152 Å². The van der Waals surface area contributed by atoms with Gasteiger partial charge in [-0.2, -0.15) is 0 Å². The summed E-state index contributed by atoms with van der Waals surface area (Å²) < 4.78 is 0. The third kappa shape index (κ3) is 5.32. The van der Waals surface area contributed by atoms with Gasteiger partial charge in [0.2, 0.25) is 0 Å². The van der Waals surface area contributed by atoms with Gasteiger partial charge in [0.25, 0.3) is 0 Å². The van der Waals surface area contributed by atoms with E-state index in [1.54, 1.807) is 0 Å². The molecule has 48 heavy (non-hydrogen) atoms. The first-order valence-corrected chi connectivity index (χ1v) is 16.3. The second-order valence-electron chi connectivity index (χ2n) is 12.0. The summed E-state index contributed by atoms with van der Waals surface area (Å²) in [5, 5.41) is 0. The van der Waals surface area contributed by atoms with Crippen LogP contribution in [0.2, 0.25) is 0 Å². The highest BCUT2D eigenvalue weighted by Gasteiger charge is 2.37. The van der Waals surface area contributed by atoms with Crippen molar-refractivity contribution in [1.29, 1.82) is 0 Å². The smallest absolute Gasteiger partial charge is 0.195 e. The van der Waals surface area contributed by atoms with Crippen molar-refractivity contribution in [3.05, 3.63) is 216 Å². The lowest BCUT2D eigenvalue weighted by Gasteiger charge is -2.23. The Labute approximate surface area is 281 Å². The molecule has 0 fully saturated rings. The molecule has 0 heterocycles. The number of allylic oxidation sites excluding steroid dienone is 4. The molecule has 0 unspecified atom stereocenters. The van der Waals surface area contributed by atoms with Crippen LogP contribution < -0.4 is 0 Å². The quantitative estimate of drug-likeness (QED) is 0.175. The van der Waals surface area contributed by atoms with Crippen LogP contribution >= 0.6 is 0 Å². The zero-order valence-electron chi connectivity index (χ0n) is 26.4. The van der Waals surface area contributed by atoms with Crippen LogP contribution in [0.5, 0.6) is 0 Å². The molecule has 0 atom stereocenters. The number of Topliss-reactive ketones (excluding diaryl/α,β-unsaturated/α-hetero) is 1. The van der Waals surface area contributed by atoms with Crippen LogP contribution in [0.15, 0.2) is 194 Å². The van der Waals surface area contributed by atoms with Crippen LogP contribution in [0.3, 0.4) is 0 Å². The average molecular weight is 613 g/mol. The highest BCUT2D eigenvalue weighted by Crippen LogP contribution is 2.54. The molecule has 0 spiro atoms. The Morgan fingerprint density at radius 2 is 0.542 bits per heavy atom. The van der Waals surface area contributed by atoms with Crippen LogP contribution in [0.1, 0.15) is 22.3 Å². The molecule has 1 nitrogen and oxygen atoms in total. The van der Waals surface area contributed by atoms with Gasteiger partial charge in [-0.1, -0.05) is 182 Å². The Balaban J connectivity index is 1.58. The van der Waals surface area contributed by atoms with Gasteiger partial charge < -0.3 is 0 Å². The largest absolute Gasteiger partial charge is 0.289 e. The first-order chi connectivity index (χ1) is 23.8. The minimum absolute atomic E-state index is 0.0337. The molecule has 0 aromatic heterocycles. The molecule has 0 aliphatic heterocycles. The van der Waals surface area contributed by atoms with Crippen molar-refractivity contribution in [2.45, 2.75) is 0 Å². The topological polar surface area (TPSA) is 17.1 Å². The number of benzene rings is 7. The molecule has 1 aliphatic carbocycles. The van der Waals surface area contributed by atoms with E-state index in [-0.39, 0.29) is 5.78 Å². The number of ketones is 1. The summed E-state index contributed by atoms with van der Waals surface area (Å²) in [6.07, 6.45) is 0. The van der Waals surface area contributed by atoms with Gasteiger partial charge in [-0.05, 0) is 67.8 Å². The minimum atomic E-state index is 0.0337. The van der Waals surface area contributed by atoms with Gasteiger partial charge in [0.05, 0.1) is 0 Å². The molecule has 0 radical (unpaired) electrons. The van der Waals surface area contributed by atoms with Crippen molar-refractivity contribution in [2.75, 3.05) is 0 Å². The standard InChI is InChI=1S/C47H32O/c48-47-43(37-27-15-5-16-28-37)42(36-25-13-4-14-26-36)46(44(47)38-29-17-6-18-30-38)45-40(34-21-9-2-10-22-34)31-39(33-19-7-1-8-20-33)32-41(45)35-23-11-3-12-24-35/h1-32H. The molecule has 7 aromatic carbocycles. The lowest BCUT2D eigenvalue weighted by atomic mass is 9.80. The average Bonchev–Trinajstić information content (AvgIpc) is 3.48. The molecule has 226 valence electrons. The van der Waals surface area contributed by atoms with E-state index >= 15 is 4.79 Å². The number of hydrogen-bond acceptors (Lipinski definition) is 1. The Morgan fingerprint density at radius 1 is 0.250 bits per heavy atom. The third-order valence-corrected chi connectivity index (χ3v) is 9.06. The van der Waals surface area contributed by atoms with Crippen molar-refractivity contribution in [1.82, 2.24) is 0 Å². The zero-order chi connectivity index (χ0) is 32.3. The summed E-state index contributed by atoms with van der Waals surface area (Å²) in [6, 6.07) is 67.0. The van der Waals surface area contributed by atoms with E-state index in [0.29, 0.717) is 0 Å². The van der Waals surface area contributed by atoms with Gasteiger partial charge >= 0.3 is 0 Å². The highest BCUT2D eigenvalue weighted by atomic mass is 16.1. The minimum Gasteiger partial charge on any atom is -0.289 e. The molecule has 8 rings (SSSR count). The normalized spacial score (nSPS) is 12.9. The monoisotopic (exact) mass is 612 g/mol. The maximum absolute atomic E-state index is 15.1. The molecule has 1 aliphatic rings. The van der Waals surface area contributed by atoms with Gasteiger partial charge in [0.15, 0.2) is 5.78 Å². The Bertz CT molecular complexity index is 2220. The van der Waals surface area contributed by atoms with Crippen molar-refractivity contribution in [2.24, 2.45) is 0 Å². The molecule has 0 saturated heterocycles. The Kier molecular flexibility index (Phi) is 7.78. The zero-order valence-corrected chi connectivity index (χ0v) is 26.4. The lowest BCUT2D eigenvalue weighted by molar-refractivity contribution is -0.108. The second kappa shape index (κ2) is 12.8. The summed E-state index contributed by atoms with van der Waals surface area (Å²) in [7, 11) is 0. The first kappa shape index (κ1) is 29.1. The Hall–Kier alpha value is -6.31. The number of carbonyl (C=O) groups is 1. The van der Waals surface area contributed by atoms with Crippen LogP contribution in [0.4, 0.5) is 0 Å². The SMILES string of the molecule is O=C1C(c2ccccc2)=C(c2ccccc2)C(c2c(-c3ccccc3)cc(-c3ccccc3)cc2-c2ccccc2)=C1c1ccccc1. The van der Waals surface area contributed by atoms with Crippen LogP contribution in [0, 0.1) is 0 Å². The van der Waals surface area contributed by atoms with Gasteiger partial charge in [-0.25, -0.2) is 0 Å². The summed E-state index contributed by atoms with van der Waals surface area (Å²) >= 11 is 0. The van der Waals surface area contributed by atoms with E-state index in [0.717, 1.165) is 77.9 Å². The van der Waals surface area contributed by atoms with Gasteiger partial charge in [-0.15, -0.1) is 0 Å². The van der Waals surface area contributed by atoms with E-state index in [1.165, 1.54) is 0 Å². The maximum Gasteiger partial charge on any atom is 0.195 e. The van der Waals surface area contributed by atoms with Gasteiger partial charge in [0, 0.05) is 22.3 Å². The van der Waals surface area contributed by atoms with Crippen LogP contribution in [-0.4, -0.2) is 5.78 Å². The molecular formula is C47H32O. The fourth-order valence-corrected chi connectivity index (χ4v) is 6.91. The molecule has 1 heteroatoms. The van der Waals surface area contributed by atoms with Crippen LogP contribution in [0.25, 0.3) is 55.7 Å². The second-order valence-corrected chi connectivity index (χ2v) is 12.0. The van der Waals surface area contributed by atoms with Crippen molar-refractivity contribution in [3.63, 3.8) is 0 Å². The van der Waals surface area contributed by atoms with E-state index in [4.69, 9.17) is 0 Å². The predicted molar refractivity (Wildman–Crippen MR) is 201 cm³/mol. The van der Waals surface area contributed by atoms with E-state index in [1.807, 2.05) is 42.5 Å². The highest BCUT2D eigenvalue weighted by molar-refractivity contribution is 6.59. The number of rotatable bonds is 7. The fraction of sp³-hybridized carbons (Fsp3) is 0. The lowest BCUT2D eigenvalue weighted by Crippen LogP contribution is -2.02. The predicted octanol–water partition coefficient (Wildman–Crippen LogP) is 11.8. The molecule has 0 amide bonds. The van der Waals surface area contributed by atoms with E-state index in [9.17, 15) is 0 Å². The summed E-state index contributed by atoms with van der Waals surface area (Å²) in [4.78, 5) is 15.1. The van der Waals surface area contributed by atoms with Crippen molar-refractivity contribution >= 4 is 28.1 Å². The fourth-order valence-electron chi connectivity index (χ4n) is 6.91. The summed E-state index contributed by atoms with van der Waals surface area (Å²) in [6.45, 7) is 0. The number of carbonyl (C=O) groups excluding carboxylic acids is 1. The van der Waals surface area contributed by atoms with Crippen LogP contribution in [-0.2, 0) is 4.79 Å². The van der Waals surface area contributed by atoms with Gasteiger partial charge in [0.1, 0.15) is 0 Å². The third-order valence-electron chi connectivity index (χ3n) is 9.06. The molecule has 0 saturated carbocycles. The molecule has 0 bridgehead atoms. The summed E-state index contributed by atoms with van der Waals surface area (Å²) in [5.41, 5.74) is 13.8. The maximum atomic E-state index is 15.1. The molecular weight excluding hydrogens is 581 g/mol. The number of hydrogen-bond donors (Lipinski definition) is 0. The Morgan fingerprint density at radius 3 is 0.917 bits per heavy atom. The summed E-state index contributed by atoms with van der Waals surface area (Å²) in [5.74, 6) is 0.0337. The van der Waals surface area contributed by atoms with Crippen molar-refractivity contribution in [3.8, 4) is 33.4 Å². The molecule has 0 N–H and O–H groups in total. The molecule has 7 aromatic rings. The van der Waals surface area contributed by atoms with E-state index < -0.39 is 0 Å². The van der Waals surface area contributed by atoms with Gasteiger partial charge in [-0.3, -0.25) is 4.79 Å². The van der Waals surface area contributed by atoms with Crippen molar-refractivity contribution < 1.29 is 4.79 Å².